The Bertz CT molecular complexity index is 384. The molecule has 3 unspecified atom stereocenters. The third-order valence-corrected chi connectivity index (χ3v) is 18.4. The van der Waals surface area contributed by atoms with E-state index in [0.29, 0.717) is 17.3 Å². The summed E-state index contributed by atoms with van der Waals surface area (Å²) in [4.78, 5) is 9.62. The van der Waals surface area contributed by atoms with Crippen molar-refractivity contribution < 1.29 is 22.9 Å². The van der Waals surface area contributed by atoms with Crippen LogP contribution in [0, 0.1) is 0 Å². The maximum Gasteiger partial charge on any atom is 0.392 e. The molecule has 0 aromatic carbocycles. The summed E-state index contributed by atoms with van der Waals surface area (Å²) in [5.41, 5.74) is 0. The highest BCUT2D eigenvalue weighted by Crippen LogP contribution is 2.78. The zero-order chi connectivity index (χ0) is 15.2. The molecule has 0 aromatic rings. The molecule has 0 radical (unpaired) electrons. The van der Waals surface area contributed by atoms with E-state index in [-0.39, 0.29) is 5.90 Å². The molecule has 0 amide bonds. The minimum absolute atomic E-state index is 0.147. The van der Waals surface area contributed by atoms with Crippen molar-refractivity contribution in [2.24, 2.45) is 0 Å². The smallest absolute Gasteiger partial charge is 0.316 e. The maximum atomic E-state index is 12.6. The molecule has 11 heteroatoms. The molecule has 0 bridgehead atoms. The Morgan fingerprint density at radius 3 is 1.84 bits per heavy atom. The van der Waals surface area contributed by atoms with E-state index in [4.69, 9.17) is 4.31 Å². The van der Waals surface area contributed by atoms with Gasteiger partial charge in [-0.2, -0.15) is 0 Å². The molecule has 116 valence electrons. The zero-order valence-corrected chi connectivity index (χ0v) is 16.6. The summed E-state index contributed by atoms with van der Waals surface area (Å²) in [6.45, 7) is -0.465. The largest absolute Gasteiger partial charge is 0.392 e. The zero-order valence-electron chi connectivity index (χ0n) is 11.5. The molecule has 3 atom stereocenters. The number of rotatable bonds is 10. The van der Waals surface area contributed by atoms with Crippen molar-refractivity contribution in [3.63, 3.8) is 0 Å². The lowest BCUT2D eigenvalue weighted by atomic mass is 11.0. The van der Waals surface area contributed by atoms with Crippen molar-refractivity contribution in [1.29, 1.82) is 0 Å². The molecule has 0 fully saturated rings. The first kappa shape index (κ1) is 20.7. The second-order valence-corrected chi connectivity index (χ2v) is 19.7. The van der Waals surface area contributed by atoms with Crippen molar-refractivity contribution >= 4 is 53.9 Å². The van der Waals surface area contributed by atoms with Crippen molar-refractivity contribution in [1.82, 2.24) is 0 Å². The highest BCUT2D eigenvalue weighted by molar-refractivity contribution is 8.65. The standard InChI is InChI=1S/C8H21O5P3S3/c1-5-17-14(4,9)8-15(10,18-6-2)13-16(11,12)19-7-3/h5-8H2,1-4H3,(H,11,12). The van der Waals surface area contributed by atoms with Gasteiger partial charge in [0.15, 0.2) is 0 Å². The number of hydrogen-bond donors (Lipinski definition) is 1. The lowest BCUT2D eigenvalue weighted by Crippen LogP contribution is -1.92. The van der Waals surface area contributed by atoms with Gasteiger partial charge < -0.3 is 9.46 Å². The van der Waals surface area contributed by atoms with Crippen molar-refractivity contribution in [3.05, 3.63) is 0 Å². The molecule has 0 spiro atoms. The lowest BCUT2D eigenvalue weighted by Gasteiger charge is -2.22. The average molecular weight is 386 g/mol. The second kappa shape index (κ2) is 8.95. The molecule has 0 saturated carbocycles. The van der Waals surface area contributed by atoms with Gasteiger partial charge in [0.1, 0.15) is 6.34 Å². The van der Waals surface area contributed by atoms with Crippen LogP contribution in [-0.4, -0.2) is 34.7 Å². The fourth-order valence-electron chi connectivity index (χ4n) is 1.26. The minimum Gasteiger partial charge on any atom is -0.316 e. The van der Waals surface area contributed by atoms with Gasteiger partial charge in [0.25, 0.3) is 6.57 Å². The Morgan fingerprint density at radius 2 is 1.42 bits per heavy atom. The van der Waals surface area contributed by atoms with Crippen LogP contribution >= 0.6 is 53.9 Å². The summed E-state index contributed by atoms with van der Waals surface area (Å²) in [6.07, 6.45) is -2.68. The maximum absolute atomic E-state index is 12.6. The van der Waals surface area contributed by atoms with E-state index in [0.717, 1.165) is 22.8 Å². The van der Waals surface area contributed by atoms with Crippen molar-refractivity contribution in [3.8, 4) is 0 Å². The first-order chi connectivity index (χ1) is 8.60. The quantitative estimate of drug-likeness (QED) is 0.499. The third kappa shape index (κ3) is 9.31. The van der Waals surface area contributed by atoms with E-state index >= 15 is 0 Å². The first-order valence-electron chi connectivity index (χ1n) is 5.73. The summed E-state index contributed by atoms with van der Waals surface area (Å²) in [5.74, 6) is 1.36. The molecule has 0 aliphatic rings. The Hall–Kier alpha value is 1.66. The molecule has 19 heavy (non-hydrogen) atoms. The monoisotopic (exact) mass is 386 g/mol. The Balaban J connectivity index is 5.01. The van der Waals surface area contributed by atoms with Crippen LogP contribution in [0.25, 0.3) is 0 Å². The van der Waals surface area contributed by atoms with Gasteiger partial charge in [-0.15, -0.1) is 0 Å². The fraction of sp³-hybridized carbons (Fsp3) is 1.00. The second-order valence-electron chi connectivity index (χ2n) is 3.57. The highest BCUT2D eigenvalue weighted by Gasteiger charge is 2.38. The Kier molecular flexibility index (Phi) is 9.73. The van der Waals surface area contributed by atoms with Gasteiger partial charge in [0.2, 0.25) is 0 Å². The van der Waals surface area contributed by atoms with Crippen LogP contribution in [0.5, 0.6) is 0 Å². The predicted molar refractivity (Wildman–Crippen MR) is 91.3 cm³/mol. The van der Waals surface area contributed by atoms with Gasteiger partial charge >= 0.3 is 6.80 Å². The lowest BCUT2D eigenvalue weighted by molar-refractivity contribution is 0.403. The normalized spacial score (nSPS) is 21.3. The molecular formula is C8H21O5P3S3. The van der Waals surface area contributed by atoms with Gasteiger partial charge in [0.05, 0.1) is 5.90 Å². The van der Waals surface area contributed by atoms with E-state index in [1.807, 2.05) is 6.92 Å². The van der Waals surface area contributed by atoms with E-state index in [2.05, 4.69) is 0 Å². The van der Waals surface area contributed by atoms with Crippen molar-refractivity contribution in [2.45, 2.75) is 20.8 Å². The topological polar surface area (TPSA) is 80.7 Å². The van der Waals surface area contributed by atoms with Crippen LogP contribution in [0.15, 0.2) is 0 Å². The third-order valence-electron chi connectivity index (χ3n) is 1.68. The van der Waals surface area contributed by atoms with Crippen molar-refractivity contribution in [2.75, 3.05) is 29.8 Å². The van der Waals surface area contributed by atoms with Gasteiger partial charge in [-0.3, -0.25) is 4.57 Å². The molecule has 0 aliphatic heterocycles. The summed E-state index contributed by atoms with van der Waals surface area (Å²) in [7, 11) is 0. The molecule has 5 nitrogen and oxygen atoms in total. The molecule has 1 N–H and O–H groups in total. The summed E-state index contributed by atoms with van der Waals surface area (Å²) < 4.78 is 41.6. The van der Waals surface area contributed by atoms with Gasteiger partial charge in [-0.25, -0.2) is 8.88 Å². The fourth-order valence-corrected chi connectivity index (χ4v) is 20.3. The van der Waals surface area contributed by atoms with Crippen LogP contribution in [0.3, 0.4) is 0 Å². The van der Waals surface area contributed by atoms with Crippen LogP contribution in [0.4, 0.5) is 0 Å². The summed E-state index contributed by atoms with van der Waals surface area (Å²) in [5, 5.41) is 0. The minimum atomic E-state index is -3.95. The van der Waals surface area contributed by atoms with Crippen LogP contribution in [0.1, 0.15) is 20.8 Å². The van der Waals surface area contributed by atoms with Gasteiger partial charge in [-0.1, -0.05) is 43.5 Å². The van der Waals surface area contributed by atoms with Gasteiger partial charge in [-0.05, 0) is 29.6 Å². The Morgan fingerprint density at radius 1 is 0.947 bits per heavy atom. The molecule has 0 heterocycles. The average Bonchev–Trinajstić information content (AvgIpc) is 2.13. The van der Waals surface area contributed by atoms with Gasteiger partial charge in [0, 0.05) is 5.75 Å². The van der Waals surface area contributed by atoms with Crippen LogP contribution < -0.4 is 0 Å². The van der Waals surface area contributed by atoms with E-state index in [1.165, 1.54) is 11.4 Å². The SMILES string of the molecule is CCSP(C)(=O)CP(=O)(OP(=O)(O)SCC)SCC. The molecule has 0 aromatic heterocycles. The first-order valence-corrected chi connectivity index (χ1v) is 16.2. The highest BCUT2D eigenvalue weighted by atomic mass is 32.8. The van der Waals surface area contributed by atoms with Crippen LogP contribution in [-0.2, 0) is 18.0 Å². The van der Waals surface area contributed by atoms with E-state index < -0.39 is 19.7 Å². The molecular weight excluding hydrogens is 365 g/mol. The van der Waals surface area contributed by atoms with E-state index in [1.54, 1.807) is 20.5 Å². The number of hydrogen-bond acceptors (Lipinski definition) is 7. The summed E-state index contributed by atoms with van der Waals surface area (Å²) in [6, 6.07) is 0. The summed E-state index contributed by atoms with van der Waals surface area (Å²) >= 11 is 2.96. The molecule has 0 aliphatic carbocycles. The van der Waals surface area contributed by atoms with Crippen LogP contribution in [0.2, 0.25) is 0 Å². The Labute approximate surface area is 127 Å². The molecule has 0 saturated heterocycles. The molecule has 0 rings (SSSR count). The predicted octanol–water partition coefficient (Wildman–Crippen LogP) is 5.42. The van der Waals surface area contributed by atoms with E-state index in [9.17, 15) is 18.6 Å².